The topological polar surface area (TPSA) is 58.6 Å². The van der Waals surface area contributed by atoms with Crippen molar-refractivity contribution in [3.63, 3.8) is 0 Å². The molecule has 3 rings (SSSR count). The van der Waals surface area contributed by atoms with Crippen molar-refractivity contribution in [3.05, 3.63) is 44.0 Å². The smallest absolute Gasteiger partial charge is 0.251 e. The van der Waals surface area contributed by atoms with Gasteiger partial charge in [0.1, 0.15) is 10.8 Å². The number of aromatic nitrogens is 3. The van der Waals surface area contributed by atoms with E-state index in [2.05, 4.69) is 15.0 Å². The van der Waals surface area contributed by atoms with E-state index in [1.54, 1.807) is 17.4 Å². The fourth-order valence-corrected chi connectivity index (χ4v) is 3.45. The van der Waals surface area contributed by atoms with Crippen LogP contribution in [0.15, 0.2) is 16.2 Å². The Morgan fingerprint density at radius 3 is 2.84 bits per heavy atom. The molecule has 0 bridgehead atoms. The Bertz CT molecular complexity index is 626. The Morgan fingerprint density at radius 1 is 1.37 bits per heavy atom. The summed E-state index contributed by atoms with van der Waals surface area (Å²) in [5.74, 6) is 1.21. The molecule has 1 aliphatic rings. The number of rotatable bonds is 3. The molecule has 0 saturated heterocycles. The molecular weight excluding hydrogens is 258 g/mol. The Balaban J connectivity index is 1.86. The lowest BCUT2D eigenvalue weighted by Crippen LogP contribution is -2.14. The first-order valence-electron chi connectivity index (χ1n) is 6.72. The molecule has 2 aromatic heterocycles. The van der Waals surface area contributed by atoms with E-state index in [4.69, 9.17) is 0 Å². The Labute approximate surface area is 115 Å². The summed E-state index contributed by atoms with van der Waals surface area (Å²) in [4.78, 5) is 23.6. The van der Waals surface area contributed by atoms with Crippen molar-refractivity contribution in [3.8, 4) is 0 Å². The number of H-pyrrole nitrogens is 1. The quantitative estimate of drug-likeness (QED) is 0.937. The zero-order valence-corrected chi connectivity index (χ0v) is 11.8. The van der Waals surface area contributed by atoms with Gasteiger partial charge in [-0.05, 0) is 19.8 Å². The third kappa shape index (κ3) is 2.92. The maximum atomic E-state index is 11.8. The fourth-order valence-electron chi connectivity index (χ4n) is 2.67. The van der Waals surface area contributed by atoms with Gasteiger partial charge in [0.15, 0.2) is 0 Å². The van der Waals surface area contributed by atoms with Crippen molar-refractivity contribution in [2.24, 2.45) is 0 Å². The molecule has 2 aromatic rings. The van der Waals surface area contributed by atoms with Crippen LogP contribution in [-0.2, 0) is 6.42 Å². The molecule has 2 heterocycles. The van der Waals surface area contributed by atoms with Gasteiger partial charge in [0.2, 0.25) is 0 Å². The van der Waals surface area contributed by atoms with Gasteiger partial charge in [0.25, 0.3) is 5.56 Å². The molecule has 0 spiro atoms. The van der Waals surface area contributed by atoms with Crippen LogP contribution < -0.4 is 5.56 Å². The normalized spacial score (nSPS) is 16.1. The second-order valence-electron chi connectivity index (χ2n) is 5.16. The van der Waals surface area contributed by atoms with E-state index in [0.29, 0.717) is 12.3 Å². The first-order chi connectivity index (χ1) is 9.20. The highest BCUT2D eigenvalue weighted by Crippen LogP contribution is 2.32. The highest BCUT2D eigenvalue weighted by Gasteiger charge is 2.19. The minimum Gasteiger partial charge on any atom is -0.310 e. The summed E-state index contributed by atoms with van der Waals surface area (Å²) < 4.78 is 0. The predicted octanol–water partition coefficient (Wildman–Crippen LogP) is 2.78. The van der Waals surface area contributed by atoms with Crippen molar-refractivity contribution >= 4 is 11.3 Å². The summed E-state index contributed by atoms with van der Waals surface area (Å²) in [6.45, 7) is 1.98. The number of thiazole rings is 1. The maximum absolute atomic E-state index is 11.8. The van der Waals surface area contributed by atoms with Crippen LogP contribution in [0.5, 0.6) is 0 Å². The average Bonchev–Trinajstić information content (AvgIpc) is 3.00. The first-order valence-corrected chi connectivity index (χ1v) is 7.60. The average molecular weight is 275 g/mol. The van der Waals surface area contributed by atoms with E-state index in [0.717, 1.165) is 35.1 Å². The van der Waals surface area contributed by atoms with Gasteiger partial charge < -0.3 is 4.98 Å². The molecule has 0 amide bonds. The molecule has 0 aromatic carbocycles. The van der Waals surface area contributed by atoms with Crippen molar-refractivity contribution in [1.29, 1.82) is 0 Å². The fraction of sp³-hybridized carbons (Fsp3) is 0.500. The third-order valence-corrected chi connectivity index (χ3v) is 4.54. The largest absolute Gasteiger partial charge is 0.310 e. The van der Waals surface area contributed by atoms with Crippen LogP contribution in [0.3, 0.4) is 0 Å². The standard InChI is InChI=1S/C14H17N3OS/c1-9-8-19-14(15-9)7-12-16-11(6-13(18)17-12)10-4-2-3-5-10/h6,8,10H,2-5,7H2,1H3,(H,16,17,18). The van der Waals surface area contributed by atoms with E-state index < -0.39 is 0 Å². The zero-order chi connectivity index (χ0) is 13.2. The number of hydrogen-bond donors (Lipinski definition) is 1. The molecule has 5 heteroatoms. The molecule has 1 aliphatic carbocycles. The van der Waals surface area contributed by atoms with E-state index in [-0.39, 0.29) is 5.56 Å². The maximum Gasteiger partial charge on any atom is 0.251 e. The van der Waals surface area contributed by atoms with Crippen LogP contribution in [0, 0.1) is 6.92 Å². The van der Waals surface area contributed by atoms with Gasteiger partial charge in [-0.1, -0.05) is 12.8 Å². The molecule has 0 atom stereocenters. The van der Waals surface area contributed by atoms with Crippen LogP contribution >= 0.6 is 11.3 Å². The molecular formula is C14H17N3OS. The molecule has 100 valence electrons. The summed E-state index contributed by atoms with van der Waals surface area (Å²) >= 11 is 1.62. The van der Waals surface area contributed by atoms with Gasteiger partial charge in [0, 0.05) is 23.1 Å². The van der Waals surface area contributed by atoms with Crippen molar-refractivity contribution in [1.82, 2.24) is 15.0 Å². The van der Waals surface area contributed by atoms with E-state index in [1.807, 2.05) is 12.3 Å². The lowest BCUT2D eigenvalue weighted by Gasteiger charge is -2.09. The summed E-state index contributed by atoms with van der Waals surface area (Å²) in [6.07, 6.45) is 5.44. The van der Waals surface area contributed by atoms with Gasteiger partial charge in [-0.2, -0.15) is 0 Å². The molecule has 1 N–H and O–H groups in total. The number of aromatic amines is 1. The van der Waals surface area contributed by atoms with Crippen molar-refractivity contribution < 1.29 is 0 Å². The van der Waals surface area contributed by atoms with Gasteiger partial charge >= 0.3 is 0 Å². The molecule has 19 heavy (non-hydrogen) atoms. The molecule has 0 radical (unpaired) electrons. The monoisotopic (exact) mass is 275 g/mol. The molecule has 0 aliphatic heterocycles. The van der Waals surface area contributed by atoms with Crippen LogP contribution in [0.4, 0.5) is 0 Å². The van der Waals surface area contributed by atoms with Gasteiger partial charge in [-0.15, -0.1) is 11.3 Å². The summed E-state index contributed by atoms with van der Waals surface area (Å²) in [5.41, 5.74) is 1.94. The summed E-state index contributed by atoms with van der Waals surface area (Å²) in [7, 11) is 0. The van der Waals surface area contributed by atoms with Gasteiger partial charge in [0.05, 0.1) is 12.1 Å². The Hall–Kier alpha value is -1.49. The number of hydrogen-bond acceptors (Lipinski definition) is 4. The predicted molar refractivity (Wildman–Crippen MR) is 75.7 cm³/mol. The Morgan fingerprint density at radius 2 is 2.16 bits per heavy atom. The number of nitrogens with one attached hydrogen (secondary N) is 1. The number of nitrogens with zero attached hydrogens (tertiary/aromatic N) is 2. The lowest BCUT2D eigenvalue weighted by molar-refractivity contribution is 0.683. The third-order valence-electron chi connectivity index (χ3n) is 3.57. The zero-order valence-electron chi connectivity index (χ0n) is 11.0. The Kier molecular flexibility index (Phi) is 3.46. The SMILES string of the molecule is Cc1csc(Cc2nc(C3CCCC3)cc(=O)[nH]2)n1. The minimum absolute atomic E-state index is 0.0415. The second kappa shape index (κ2) is 5.25. The van der Waals surface area contributed by atoms with Crippen LogP contribution in [-0.4, -0.2) is 15.0 Å². The van der Waals surface area contributed by atoms with Gasteiger partial charge in [-0.3, -0.25) is 4.79 Å². The van der Waals surface area contributed by atoms with Crippen molar-refractivity contribution in [2.45, 2.75) is 44.9 Å². The van der Waals surface area contributed by atoms with Crippen LogP contribution in [0.2, 0.25) is 0 Å². The van der Waals surface area contributed by atoms with Crippen molar-refractivity contribution in [2.75, 3.05) is 0 Å². The summed E-state index contributed by atoms with van der Waals surface area (Å²) in [6, 6.07) is 1.66. The van der Waals surface area contributed by atoms with E-state index >= 15 is 0 Å². The molecule has 0 unspecified atom stereocenters. The summed E-state index contributed by atoms with van der Waals surface area (Å²) in [5, 5.41) is 3.03. The lowest BCUT2D eigenvalue weighted by atomic mass is 10.0. The first kappa shape index (κ1) is 12.5. The molecule has 1 fully saturated rings. The molecule has 1 saturated carbocycles. The van der Waals surface area contributed by atoms with E-state index in [1.165, 1.54) is 12.8 Å². The van der Waals surface area contributed by atoms with E-state index in [9.17, 15) is 4.79 Å². The minimum atomic E-state index is -0.0415. The van der Waals surface area contributed by atoms with Gasteiger partial charge in [-0.25, -0.2) is 9.97 Å². The number of aryl methyl sites for hydroxylation is 1. The highest BCUT2D eigenvalue weighted by molar-refractivity contribution is 7.09. The van der Waals surface area contributed by atoms with Crippen LogP contribution in [0.1, 0.15) is 53.8 Å². The molecule has 4 nitrogen and oxygen atoms in total. The highest BCUT2D eigenvalue weighted by atomic mass is 32.1. The second-order valence-corrected chi connectivity index (χ2v) is 6.10. The van der Waals surface area contributed by atoms with Crippen LogP contribution in [0.25, 0.3) is 0 Å².